The van der Waals surface area contributed by atoms with Crippen molar-refractivity contribution in [3.63, 3.8) is 0 Å². The Morgan fingerprint density at radius 2 is 1.22 bits per heavy atom. The van der Waals surface area contributed by atoms with Crippen LogP contribution in [0.3, 0.4) is 0 Å². The molecule has 0 atom stereocenters. The highest BCUT2D eigenvalue weighted by Crippen LogP contribution is 2.39. The smallest absolute Gasteiger partial charge is 0.429 e. The van der Waals surface area contributed by atoms with Crippen LogP contribution in [0.2, 0.25) is 0 Å². The van der Waals surface area contributed by atoms with Gasteiger partial charge in [-0.25, -0.2) is 26.3 Å². The summed E-state index contributed by atoms with van der Waals surface area (Å²) >= 11 is 0. The van der Waals surface area contributed by atoms with Gasteiger partial charge in [0.05, 0.1) is 13.2 Å². The lowest BCUT2D eigenvalue weighted by Crippen LogP contribution is -2.34. The zero-order chi connectivity index (χ0) is 36.4. The summed E-state index contributed by atoms with van der Waals surface area (Å²) in [5, 5.41) is 0. The lowest BCUT2D eigenvalue weighted by molar-refractivity contribution is -0.276. The molecule has 0 N–H and O–H groups in total. The van der Waals surface area contributed by atoms with Crippen LogP contribution >= 0.6 is 0 Å². The van der Waals surface area contributed by atoms with Crippen molar-refractivity contribution in [3.05, 3.63) is 107 Å². The van der Waals surface area contributed by atoms with Crippen molar-refractivity contribution in [2.24, 2.45) is 0 Å². The summed E-state index contributed by atoms with van der Waals surface area (Å²) in [6.45, 7) is 2.51. The molecule has 50 heavy (non-hydrogen) atoms. The Morgan fingerprint density at radius 3 is 1.78 bits per heavy atom. The van der Waals surface area contributed by atoms with Gasteiger partial charge in [0, 0.05) is 29.4 Å². The minimum atomic E-state index is -5.40. The van der Waals surface area contributed by atoms with E-state index in [9.17, 15) is 35.1 Å². The molecule has 0 bridgehead atoms. The zero-order valence-electron chi connectivity index (χ0n) is 25.7. The number of hydrogen-bond acceptors (Lipinski definition) is 5. The lowest BCUT2D eigenvalue weighted by Gasteiger charge is -2.30. The monoisotopic (exact) mass is 722 g/mol. The summed E-state index contributed by atoms with van der Waals surface area (Å²) < 4.78 is 180. The maximum Gasteiger partial charge on any atom is 0.573 e. The van der Waals surface area contributed by atoms with Crippen LogP contribution in [0, 0.1) is 34.9 Å². The Bertz CT molecular complexity index is 1790. The molecule has 4 aromatic carbocycles. The number of benzene rings is 4. The van der Waals surface area contributed by atoms with Gasteiger partial charge in [0.15, 0.2) is 17.9 Å². The molecule has 268 valence electrons. The summed E-state index contributed by atoms with van der Waals surface area (Å²) in [6, 6.07) is 6.86. The van der Waals surface area contributed by atoms with Gasteiger partial charge in [-0.2, -0.15) is 8.78 Å². The molecule has 0 radical (unpaired) electrons. The summed E-state index contributed by atoms with van der Waals surface area (Å²) in [4.78, 5) is 0. The van der Waals surface area contributed by atoms with Gasteiger partial charge in [-0.1, -0.05) is 25.5 Å². The molecule has 1 fully saturated rings. The van der Waals surface area contributed by atoms with Gasteiger partial charge in [0.2, 0.25) is 5.75 Å². The van der Waals surface area contributed by atoms with Gasteiger partial charge >= 0.3 is 12.5 Å². The van der Waals surface area contributed by atoms with E-state index < -0.39 is 88.0 Å². The number of rotatable bonds is 11. The summed E-state index contributed by atoms with van der Waals surface area (Å²) in [5.74, 6) is -12.0. The minimum absolute atomic E-state index is 0.0366. The van der Waals surface area contributed by atoms with Gasteiger partial charge in [0.25, 0.3) is 0 Å². The van der Waals surface area contributed by atoms with Crippen molar-refractivity contribution in [1.29, 1.82) is 0 Å². The molecule has 0 aliphatic carbocycles. The summed E-state index contributed by atoms with van der Waals surface area (Å²) in [7, 11) is 0. The minimum Gasteiger partial charge on any atom is -0.429 e. The molecular formula is C34H25F11O5. The van der Waals surface area contributed by atoms with E-state index in [-0.39, 0.29) is 29.9 Å². The summed E-state index contributed by atoms with van der Waals surface area (Å²) in [6.07, 6.45) is -10.0. The van der Waals surface area contributed by atoms with Crippen LogP contribution in [0.25, 0.3) is 22.3 Å². The van der Waals surface area contributed by atoms with Crippen molar-refractivity contribution in [3.8, 4) is 33.8 Å². The molecule has 0 saturated carbocycles. The maximum atomic E-state index is 15.0. The Labute approximate surface area is 277 Å². The quantitative estimate of drug-likeness (QED) is 0.114. The average molecular weight is 723 g/mol. The van der Waals surface area contributed by atoms with Crippen LogP contribution in [-0.4, -0.2) is 32.3 Å². The van der Waals surface area contributed by atoms with E-state index in [1.165, 1.54) is 0 Å². The second-order valence-corrected chi connectivity index (χ2v) is 11.0. The predicted octanol–water partition coefficient (Wildman–Crippen LogP) is 10.1. The van der Waals surface area contributed by atoms with Crippen molar-refractivity contribution in [2.75, 3.05) is 19.8 Å². The van der Waals surface area contributed by atoms with Crippen LogP contribution in [0.15, 0.2) is 60.7 Å². The van der Waals surface area contributed by atoms with Crippen LogP contribution in [0.4, 0.5) is 48.3 Å². The maximum absolute atomic E-state index is 15.0. The highest BCUT2D eigenvalue weighted by Gasteiger charge is 2.42. The van der Waals surface area contributed by atoms with Crippen LogP contribution in [-0.2, 0) is 20.3 Å². The first-order chi connectivity index (χ1) is 23.6. The van der Waals surface area contributed by atoms with E-state index in [1.54, 1.807) is 0 Å². The second kappa shape index (κ2) is 14.8. The Kier molecular flexibility index (Phi) is 10.9. The van der Waals surface area contributed by atoms with E-state index in [1.807, 2.05) is 6.92 Å². The molecule has 1 saturated heterocycles. The molecule has 0 aromatic heterocycles. The van der Waals surface area contributed by atoms with Crippen molar-refractivity contribution in [2.45, 2.75) is 44.6 Å². The zero-order valence-corrected chi connectivity index (χ0v) is 25.7. The molecule has 0 unspecified atom stereocenters. The van der Waals surface area contributed by atoms with E-state index in [2.05, 4.69) is 9.47 Å². The fourth-order valence-corrected chi connectivity index (χ4v) is 5.01. The first-order valence-electron chi connectivity index (χ1n) is 14.8. The number of halogens is 11. The summed E-state index contributed by atoms with van der Waals surface area (Å²) in [5.41, 5.74) is -3.56. The Hall–Kier alpha value is -4.41. The molecule has 1 heterocycles. The van der Waals surface area contributed by atoms with E-state index in [0.717, 1.165) is 37.1 Å². The first kappa shape index (κ1) is 36.9. The van der Waals surface area contributed by atoms with E-state index in [0.29, 0.717) is 43.0 Å². The van der Waals surface area contributed by atoms with Gasteiger partial charge < -0.3 is 23.7 Å². The van der Waals surface area contributed by atoms with E-state index in [4.69, 9.17) is 14.2 Å². The van der Waals surface area contributed by atoms with Crippen molar-refractivity contribution >= 4 is 0 Å². The fourth-order valence-electron chi connectivity index (χ4n) is 5.01. The highest BCUT2D eigenvalue weighted by molar-refractivity contribution is 5.72. The Balaban J connectivity index is 1.30. The molecule has 5 rings (SSSR count). The topological polar surface area (TPSA) is 46.2 Å². The molecular weight excluding hydrogens is 697 g/mol. The van der Waals surface area contributed by atoms with Crippen molar-refractivity contribution in [1.82, 2.24) is 0 Å². The molecule has 1 aliphatic rings. The average Bonchev–Trinajstić information content (AvgIpc) is 3.02. The largest absolute Gasteiger partial charge is 0.573 e. The number of unbranched alkanes of at least 4 members (excludes halogenated alkanes) is 1. The van der Waals surface area contributed by atoms with Crippen LogP contribution < -0.4 is 9.47 Å². The molecule has 4 aromatic rings. The molecule has 1 aliphatic heterocycles. The number of alkyl halides is 5. The van der Waals surface area contributed by atoms with Gasteiger partial charge in [-0.15, -0.1) is 13.2 Å². The van der Waals surface area contributed by atoms with Crippen LogP contribution in [0.5, 0.6) is 11.5 Å². The SMILES string of the molecule is CCCCOC1COC(c2cc(F)c(C(F)(F)Oc3ccc(-c4ccc(-c5cc(F)c(OC(F)(F)F)c(F)c5)c(F)c4)c(F)c3)c(F)c2)OC1. The third-order valence-corrected chi connectivity index (χ3v) is 7.34. The van der Waals surface area contributed by atoms with Gasteiger partial charge in [0.1, 0.15) is 40.7 Å². The lowest BCUT2D eigenvalue weighted by atomic mass is 9.99. The normalized spacial score (nSPS) is 16.8. The van der Waals surface area contributed by atoms with Gasteiger partial charge in [-0.3, -0.25) is 0 Å². The Morgan fingerprint density at radius 1 is 0.660 bits per heavy atom. The predicted molar refractivity (Wildman–Crippen MR) is 154 cm³/mol. The highest BCUT2D eigenvalue weighted by atomic mass is 19.4. The first-order valence-corrected chi connectivity index (χ1v) is 14.8. The van der Waals surface area contributed by atoms with Crippen molar-refractivity contribution < 1.29 is 72.0 Å². The fraction of sp³-hybridized carbons (Fsp3) is 0.294. The molecule has 16 heteroatoms. The third kappa shape index (κ3) is 8.47. The standard InChI is InChI=1S/C34H25F11O5/c1-2-3-8-46-21-15-47-32(48-16-21)19-12-26(37)30(27(38)13-19)33(41,42)49-20-5-7-22(25(36)14-20)17-4-6-23(24(35)9-17)18-10-28(39)31(29(40)11-18)50-34(43,44)45/h4-7,9-14,21,32H,2-3,8,15-16H2,1H3. The third-order valence-electron chi connectivity index (χ3n) is 7.34. The van der Waals surface area contributed by atoms with Crippen LogP contribution in [0.1, 0.15) is 37.2 Å². The number of ether oxygens (including phenoxy) is 5. The van der Waals surface area contributed by atoms with Gasteiger partial charge in [-0.05, 0) is 60.0 Å². The molecule has 5 nitrogen and oxygen atoms in total. The molecule has 0 spiro atoms. The van der Waals surface area contributed by atoms with E-state index >= 15 is 13.2 Å². The second-order valence-electron chi connectivity index (χ2n) is 11.0. The molecule has 0 amide bonds. The number of hydrogen-bond donors (Lipinski definition) is 0.